The molecule has 0 saturated heterocycles. The molecule has 0 aliphatic rings. The molecule has 0 spiro atoms. The minimum Gasteiger partial charge on any atom is -0.500 e. The number of hydrogen-bond acceptors (Lipinski definition) is 4. The van der Waals surface area contributed by atoms with Crippen LogP contribution in [0.4, 0.5) is 0 Å². The van der Waals surface area contributed by atoms with E-state index in [9.17, 15) is 8.42 Å². The van der Waals surface area contributed by atoms with Crippen LogP contribution in [0.1, 0.15) is 6.92 Å². The van der Waals surface area contributed by atoms with Crippen LogP contribution in [-0.2, 0) is 14.6 Å². The molecule has 1 aromatic rings. The van der Waals surface area contributed by atoms with E-state index in [2.05, 4.69) is 0 Å². The fourth-order valence-corrected chi connectivity index (χ4v) is 2.38. The van der Waals surface area contributed by atoms with Crippen LogP contribution in [0.5, 0.6) is 0 Å². The van der Waals surface area contributed by atoms with Gasteiger partial charge in [-0.25, -0.2) is 8.42 Å². The first kappa shape index (κ1) is 12.7. The molecule has 0 heterocycles. The maximum Gasteiger partial charge on any atom is 0.207 e. The molecule has 0 bridgehead atoms. The van der Waals surface area contributed by atoms with Crippen molar-refractivity contribution in [1.29, 1.82) is 0 Å². The molecule has 0 unspecified atom stereocenters. The molecule has 5 heteroatoms. The number of ether oxygens (including phenoxy) is 1. The first-order valence-corrected chi connectivity index (χ1v) is 6.42. The summed E-state index contributed by atoms with van der Waals surface area (Å²) in [6.07, 6.45) is 1.21. The van der Waals surface area contributed by atoms with Gasteiger partial charge in [0.15, 0.2) is 0 Å². The zero-order valence-corrected chi connectivity index (χ0v) is 9.91. The van der Waals surface area contributed by atoms with Gasteiger partial charge in [-0.1, -0.05) is 18.2 Å². The Hall–Kier alpha value is -1.33. The molecule has 0 atom stereocenters. The Balaban J connectivity index is 3.10. The number of rotatable bonds is 5. The molecular weight excluding hydrogens is 226 g/mol. The first-order chi connectivity index (χ1) is 7.62. The summed E-state index contributed by atoms with van der Waals surface area (Å²) in [5, 5.41) is 0. The zero-order valence-electron chi connectivity index (χ0n) is 9.09. The lowest BCUT2D eigenvalue weighted by Gasteiger charge is -2.06. The van der Waals surface area contributed by atoms with Gasteiger partial charge in [0, 0.05) is 6.54 Å². The van der Waals surface area contributed by atoms with Crippen molar-refractivity contribution in [2.75, 3.05) is 13.2 Å². The minimum absolute atomic E-state index is 0.0722. The molecule has 0 aliphatic carbocycles. The Morgan fingerprint density at radius 3 is 2.50 bits per heavy atom. The first-order valence-electron chi connectivity index (χ1n) is 4.93. The number of sulfone groups is 1. The van der Waals surface area contributed by atoms with Gasteiger partial charge in [-0.05, 0) is 19.1 Å². The largest absolute Gasteiger partial charge is 0.500 e. The summed E-state index contributed by atoms with van der Waals surface area (Å²) >= 11 is 0. The second kappa shape index (κ2) is 5.67. The summed E-state index contributed by atoms with van der Waals surface area (Å²) in [4.78, 5) is 0.312. The predicted molar refractivity (Wildman–Crippen MR) is 62.4 cm³/mol. The Labute approximate surface area is 95.6 Å². The molecule has 0 aromatic heterocycles. The molecule has 88 valence electrons. The van der Waals surface area contributed by atoms with Crippen molar-refractivity contribution in [2.24, 2.45) is 5.73 Å². The Morgan fingerprint density at radius 1 is 1.38 bits per heavy atom. The van der Waals surface area contributed by atoms with Crippen LogP contribution < -0.4 is 5.73 Å². The highest BCUT2D eigenvalue weighted by molar-refractivity contribution is 7.95. The summed E-state index contributed by atoms with van der Waals surface area (Å²) in [6.45, 7) is 2.12. The van der Waals surface area contributed by atoms with Crippen LogP contribution >= 0.6 is 0 Å². The molecular formula is C11H15NO3S. The van der Waals surface area contributed by atoms with Gasteiger partial charge in [-0.15, -0.1) is 0 Å². The fourth-order valence-electron chi connectivity index (χ4n) is 1.15. The Kier molecular flexibility index (Phi) is 4.52. The maximum absolute atomic E-state index is 12.0. The summed E-state index contributed by atoms with van der Waals surface area (Å²) in [6, 6.07) is 8.16. The van der Waals surface area contributed by atoms with Gasteiger partial charge in [0.05, 0.1) is 22.7 Å². The zero-order chi connectivity index (χ0) is 12.0. The predicted octanol–water partition coefficient (Wildman–Crippen LogP) is 1.30. The topological polar surface area (TPSA) is 69.4 Å². The lowest BCUT2D eigenvalue weighted by molar-refractivity contribution is 0.267. The third-order valence-electron chi connectivity index (χ3n) is 1.98. The van der Waals surface area contributed by atoms with Crippen molar-refractivity contribution in [2.45, 2.75) is 11.8 Å². The quantitative estimate of drug-likeness (QED) is 0.789. The smallest absolute Gasteiger partial charge is 0.207 e. The van der Waals surface area contributed by atoms with Crippen molar-refractivity contribution in [3.05, 3.63) is 41.5 Å². The number of hydrogen-bond donors (Lipinski definition) is 1. The van der Waals surface area contributed by atoms with Crippen molar-refractivity contribution in [3.63, 3.8) is 0 Å². The van der Waals surface area contributed by atoms with E-state index in [-0.39, 0.29) is 16.3 Å². The Bertz CT molecular complexity index is 451. The van der Waals surface area contributed by atoms with Gasteiger partial charge in [-0.3, -0.25) is 0 Å². The van der Waals surface area contributed by atoms with Crippen LogP contribution in [0, 0.1) is 0 Å². The second-order valence-corrected chi connectivity index (χ2v) is 5.06. The van der Waals surface area contributed by atoms with E-state index >= 15 is 0 Å². The molecule has 0 aliphatic heterocycles. The van der Waals surface area contributed by atoms with E-state index in [1.54, 1.807) is 25.1 Å². The molecule has 0 amide bonds. The van der Waals surface area contributed by atoms with Crippen molar-refractivity contribution in [3.8, 4) is 0 Å². The van der Waals surface area contributed by atoms with E-state index in [1.807, 2.05) is 0 Å². The maximum atomic E-state index is 12.0. The summed E-state index contributed by atoms with van der Waals surface area (Å²) in [7, 11) is -3.51. The van der Waals surface area contributed by atoms with Crippen molar-refractivity contribution in [1.82, 2.24) is 0 Å². The summed E-state index contributed by atoms with van der Waals surface area (Å²) in [5.41, 5.74) is 5.41. The van der Waals surface area contributed by atoms with E-state index in [0.29, 0.717) is 6.61 Å². The lowest BCUT2D eigenvalue weighted by atomic mass is 10.4. The van der Waals surface area contributed by atoms with Crippen molar-refractivity contribution < 1.29 is 13.2 Å². The van der Waals surface area contributed by atoms with Crippen LogP contribution in [0.15, 0.2) is 46.4 Å². The van der Waals surface area contributed by atoms with Gasteiger partial charge >= 0.3 is 0 Å². The highest BCUT2D eigenvalue weighted by Crippen LogP contribution is 2.17. The average Bonchev–Trinajstić information content (AvgIpc) is 2.31. The number of nitrogens with two attached hydrogens (primary N) is 1. The van der Waals surface area contributed by atoms with Gasteiger partial charge in [0.2, 0.25) is 9.84 Å². The van der Waals surface area contributed by atoms with Crippen molar-refractivity contribution >= 4 is 9.84 Å². The Morgan fingerprint density at radius 2 is 2.00 bits per heavy atom. The summed E-state index contributed by atoms with van der Waals surface area (Å²) < 4.78 is 29.1. The standard InChI is InChI=1S/C11H15NO3S/c1-2-15-9-11(8-12)16(13,14)10-6-4-3-5-7-10/h3-7,9H,2,8,12H2,1H3/b11-9+. The van der Waals surface area contributed by atoms with Crippen LogP contribution in [-0.4, -0.2) is 21.6 Å². The minimum atomic E-state index is -3.51. The molecule has 1 rings (SSSR count). The van der Waals surface area contributed by atoms with E-state index in [4.69, 9.17) is 10.5 Å². The van der Waals surface area contributed by atoms with E-state index in [0.717, 1.165) is 0 Å². The van der Waals surface area contributed by atoms with Crippen LogP contribution in [0.25, 0.3) is 0 Å². The van der Waals surface area contributed by atoms with Gasteiger partial charge in [0.25, 0.3) is 0 Å². The third-order valence-corrected chi connectivity index (χ3v) is 3.83. The van der Waals surface area contributed by atoms with E-state index in [1.165, 1.54) is 18.4 Å². The molecule has 0 radical (unpaired) electrons. The molecule has 2 N–H and O–H groups in total. The fraction of sp³-hybridized carbons (Fsp3) is 0.273. The monoisotopic (exact) mass is 241 g/mol. The van der Waals surface area contributed by atoms with Gasteiger partial charge in [-0.2, -0.15) is 0 Å². The molecule has 0 saturated carbocycles. The van der Waals surface area contributed by atoms with Gasteiger partial charge in [0.1, 0.15) is 0 Å². The molecule has 1 aromatic carbocycles. The van der Waals surface area contributed by atoms with Gasteiger partial charge < -0.3 is 10.5 Å². The molecule has 4 nitrogen and oxygen atoms in total. The third kappa shape index (κ3) is 2.84. The van der Waals surface area contributed by atoms with E-state index < -0.39 is 9.84 Å². The highest BCUT2D eigenvalue weighted by atomic mass is 32.2. The average molecular weight is 241 g/mol. The molecule has 0 fully saturated rings. The lowest BCUT2D eigenvalue weighted by Crippen LogP contribution is -2.14. The number of benzene rings is 1. The van der Waals surface area contributed by atoms with Crippen LogP contribution in [0.2, 0.25) is 0 Å². The normalized spacial score (nSPS) is 12.5. The van der Waals surface area contributed by atoms with Crippen LogP contribution in [0.3, 0.4) is 0 Å². The second-order valence-electron chi connectivity index (χ2n) is 3.06. The summed E-state index contributed by atoms with van der Waals surface area (Å²) in [5.74, 6) is 0. The highest BCUT2D eigenvalue weighted by Gasteiger charge is 2.19. The SMILES string of the molecule is CCO/C=C(\CN)S(=O)(=O)c1ccccc1. The molecule has 16 heavy (non-hydrogen) atoms.